The molecule has 1 saturated heterocycles. The molecule has 0 aromatic rings. The van der Waals surface area contributed by atoms with Crippen molar-refractivity contribution in [3.8, 4) is 0 Å². The van der Waals surface area contributed by atoms with Gasteiger partial charge in [0.15, 0.2) is 0 Å². The molecule has 1 fully saturated rings. The SMILES string of the molecule is NC[N+]1(CCCS)CCCC1.[Br-]. The van der Waals surface area contributed by atoms with Gasteiger partial charge in [-0.3, -0.25) is 5.73 Å². The van der Waals surface area contributed by atoms with Gasteiger partial charge >= 0.3 is 0 Å². The molecule has 2 nitrogen and oxygen atoms in total. The van der Waals surface area contributed by atoms with Gasteiger partial charge in [0.25, 0.3) is 0 Å². The molecule has 1 aliphatic heterocycles. The zero-order valence-electron chi connectivity index (χ0n) is 7.51. The standard InChI is InChI=1S/C8H18N2S.BrH/c9-8-10(6-3-7-11)4-1-2-5-10;/h1-9H2;1H. The average molecular weight is 255 g/mol. The van der Waals surface area contributed by atoms with Crippen molar-refractivity contribution >= 4 is 12.6 Å². The molecule has 1 aliphatic rings. The fourth-order valence-electron chi connectivity index (χ4n) is 1.91. The second kappa shape index (κ2) is 6.24. The lowest BCUT2D eigenvalue weighted by atomic mass is 10.3. The molecule has 0 atom stereocenters. The predicted molar refractivity (Wildman–Crippen MR) is 51.6 cm³/mol. The Morgan fingerprint density at radius 1 is 1.25 bits per heavy atom. The van der Waals surface area contributed by atoms with Gasteiger partial charge in [0.05, 0.1) is 19.6 Å². The van der Waals surface area contributed by atoms with Gasteiger partial charge in [-0.05, 0) is 5.75 Å². The highest BCUT2D eigenvalue weighted by molar-refractivity contribution is 7.80. The quantitative estimate of drug-likeness (QED) is 0.434. The van der Waals surface area contributed by atoms with Gasteiger partial charge in [-0.2, -0.15) is 12.6 Å². The summed E-state index contributed by atoms with van der Waals surface area (Å²) in [7, 11) is 0. The molecule has 4 heteroatoms. The fourth-order valence-corrected chi connectivity index (χ4v) is 2.05. The Balaban J connectivity index is 0.00000121. The van der Waals surface area contributed by atoms with Crippen LogP contribution in [-0.4, -0.2) is 36.5 Å². The summed E-state index contributed by atoms with van der Waals surface area (Å²) in [6, 6.07) is 0. The van der Waals surface area contributed by atoms with Crippen LogP contribution in [0.1, 0.15) is 19.3 Å². The molecule has 12 heavy (non-hydrogen) atoms. The minimum Gasteiger partial charge on any atom is -1.00 e. The van der Waals surface area contributed by atoms with Crippen LogP contribution in [0.15, 0.2) is 0 Å². The minimum atomic E-state index is 0. The van der Waals surface area contributed by atoms with Gasteiger partial charge < -0.3 is 21.5 Å². The number of quaternary nitrogens is 1. The molecular weight excluding hydrogens is 236 g/mol. The third-order valence-electron chi connectivity index (χ3n) is 2.69. The molecule has 0 spiro atoms. The van der Waals surface area contributed by atoms with Gasteiger partial charge in [0, 0.05) is 19.3 Å². The molecule has 0 amide bonds. The third-order valence-corrected chi connectivity index (χ3v) is 3.01. The number of thiol groups is 1. The van der Waals surface area contributed by atoms with E-state index in [-0.39, 0.29) is 17.0 Å². The molecule has 2 N–H and O–H groups in total. The van der Waals surface area contributed by atoms with Crippen molar-refractivity contribution in [1.82, 2.24) is 0 Å². The van der Waals surface area contributed by atoms with Crippen LogP contribution in [-0.2, 0) is 0 Å². The second-order valence-electron chi connectivity index (χ2n) is 3.48. The van der Waals surface area contributed by atoms with Crippen LogP contribution in [0.4, 0.5) is 0 Å². The predicted octanol–water partition coefficient (Wildman–Crippen LogP) is -2.16. The normalized spacial score (nSPS) is 20.5. The molecule has 0 aromatic heterocycles. The zero-order chi connectivity index (χ0) is 8.16. The monoisotopic (exact) mass is 254 g/mol. The maximum Gasteiger partial charge on any atom is 0.130 e. The fraction of sp³-hybridized carbons (Fsp3) is 1.00. The summed E-state index contributed by atoms with van der Waals surface area (Å²) in [5, 5.41) is 0. The van der Waals surface area contributed by atoms with E-state index in [1.54, 1.807) is 0 Å². The van der Waals surface area contributed by atoms with Crippen LogP contribution >= 0.6 is 12.6 Å². The van der Waals surface area contributed by atoms with Crippen molar-refractivity contribution in [2.24, 2.45) is 5.73 Å². The summed E-state index contributed by atoms with van der Waals surface area (Å²) in [6.07, 6.45) is 3.94. The largest absolute Gasteiger partial charge is 1.00 e. The Bertz CT molecular complexity index is 116. The van der Waals surface area contributed by atoms with Crippen LogP contribution in [0.2, 0.25) is 0 Å². The van der Waals surface area contributed by atoms with Crippen molar-refractivity contribution in [1.29, 1.82) is 0 Å². The van der Waals surface area contributed by atoms with Crippen molar-refractivity contribution in [2.45, 2.75) is 19.3 Å². The lowest BCUT2D eigenvalue weighted by Gasteiger charge is -2.32. The number of halogens is 1. The topological polar surface area (TPSA) is 26.0 Å². The summed E-state index contributed by atoms with van der Waals surface area (Å²) in [6.45, 7) is 4.66. The highest BCUT2D eigenvalue weighted by atomic mass is 79.9. The molecule has 0 bridgehead atoms. The van der Waals surface area contributed by atoms with Gasteiger partial charge in [0.1, 0.15) is 6.67 Å². The van der Waals surface area contributed by atoms with E-state index >= 15 is 0 Å². The number of nitrogens with zero attached hydrogens (tertiary/aromatic N) is 1. The number of hydrogen-bond donors (Lipinski definition) is 2. The smallest absolute Gasteiger partial charge is 0.130 e. The minimum absolute atomic E-state index is 0. The number of rotatable bonds is 4. The maximum atomic E-state index is 5.76. The van der Waals surface area contributed by atoms with E-state index in [2.05, 4.69) is 12.6 Å². The summed E-state index contributed by atoms with van der Waals surface area (Å²) in [4.78, 5) is 0. The van der Waals surface area contributed by atoms with Gasteiger partial charge in [-0.1, -0.05) is 0 Å². The Morgan fingerprint density at radius 3 is 2.25 bits per heavy atom. The first-order valence-corrected chi connectivity index (χ1v) is 5.12. The molecule has 0 aromatic carbocycles. The Hall–Kier alpha value is 0.750. The van der Waals surface area contributed by atoms with E-state index in [0.29, 0.717) is 0 Å². The van der Waals surface area contributed by atoms with Crippen LogP contribution in [0.5, 0.6) is 0 Å². The van der Waals surface area contributed by atoms with E-state index < -0.39 is 0 Å². The first-order chi connectivity index (χ1) is 5.33. The third kappa shape index (κ3) is 3.24. The van der Waals surface area contributed by atoms with Crippen LogP contribution < -0.4 is 22.7 Å². The van der Waals surface area contributed by atoms with E-state index in [9.17, 15) is 0 Å². The van der Waals surface area contributed by atoms with Crippen molar-refractivity contribution < 1.29 is 21.5 Å². The van der Waals surface area contributed by atoms with Crippen LogP contribution in [0.3, 0.4) is 0 Å². The van der Waals surface area contributed by atoms with Crippen LogP contribution in [0.25, 0.3) is 0 Å². The summed E-state index contributed by atoms with van der Waals surface area (Å²) in [5.74, 6) is 1.00. The molecule has 0 unspecified atom stereocenters. The molecular formula is C8H19BrN2S. The van der Waals surface area contributed by atoms with E-state index in [1.165, 1.54) is 38.9 Å². The van der Waals surface area contributed by atoms with Crippen molar-refractivity contribution in [3.05, 3.63) is 0 Å². The highest BCUT2D eigenvalue weighted by Crippen LogP contribution is 2.18. The number of hydrogen-bond acceptors (Lipinski definition) is 2. The average Bonchev–Trinajstić information content (AvgIpc) is 2.50. The van der Waals surface area contributed by atoms with Gasteiger partial charge in [0.2, 0.25) is 0 Å². The van der Waals surface area contributed by atoms with E-state index in [4.69, 9.17) is 5.73 Å². The van der Waals surface area contributed by atoms with Crippen LogP contribution in [0, 0.1) is 0 Å². The Kier molecular flexibility index (Phi) is 6.63. The first-order valence-electron chi connectivity index (χ1n) is 4.49. The molecule has 0 saturated carbocycles. The lowest BCUT2D eigenvalue weighted by Crippen LogP contribution is -3.00. The lowest BCUT2D eigenvalue weighted by molar-refractivity contribution is -0.916. The molecule has 74 valence electrons. The Labute approximate surface area is 91.3 Å². The summed E-state index contributed by atoms with van der Waals surface area (Å²) in [5.41, 5.74) is 5.76. The zero-order valence-corrected chi connectivity index (χ0v) is 9.99. The molecule has 1 heterocycles. The summed E-state index contributed by atoms with van der Waals surface area (Å²) >= 11 is 4.22. The molecule has 1 rings (SSSR count). The second-order valence-corrected chi connectivity index (χ2v) is 3.93. The maximum absolute atomic E-state index is 5.76. The number of likely N-dealkylation sites (tertiary alicyclic amines) is 1. The van der Waals surface area contributed by atoms with Crippen molar-refractivity contribution in [2.75, 3.05) is 32.1 Å². The van der Waals surface area contributed by atoms with Gasteiger partial charge in [-0.25, -0.2) is 0 Å². The number of nitrogens with two attached hydrogens (primary N) is 1. The van der Waals surface area contributed by atoms with E-state index in [1.807, 2.05) is 0 Å². The van der Waals surface area contributed by atoms with Gasteiger partial charge in [-0.15, -0.1) is 0 Å². The van der Waals surface area contributed by atoms with E-state index in [0.717, 1.165) is 16.9 Å². The van der Waals surface area contributed by atoms with Crippen molar-refractivity contribution in [3.63, 3.8) is 0 Å². The molecule has 0 radical (unpaired) electrons. The molecule has 0 aliphatic carbocycles. The summed E-state index contributed by atoms with van der Waals surface area (Å²) < 4.78 is 1.15. The Morgan fingerprint density at radius 2 is 1.83 bits per heavy atom. The highest BCUT2D eigenvalue weighted by Gasteiger charge is 2.29. The first kappa shape index (κ1) is 12.8.